The van der Waals surface area contributed by atoms with E-state index in [4.69, 9.17) is 14.5 Å². The van der Waals surface area contributed by atoms with Crippen LogP contribution in [0.5, 0.6) is 0 Å². The third-order valence-electron chi connectivity index (χ3n) is 4.97. The smallest absolute Gasteiger partial charge is 0.441 e. The molecular formula is C20H16F3I2N2O7P. The molecule has 188 valence electrons. The number of pyridine rings is 1. The zero-order valence-electron chi connectivity index (χ0n) is 17.3. The van der Waals surface area contributed by atoms with Gasteiger partial charge in [-0.2, -0.15) is 13.2 Å². The third-order valence-corrected chi connectivity index (χ3v) is 5.45. The van der Waals surface area contributed by atoms with Crippen molar-refractivity contribution < 1.29 is 41.6 Å². The highest BCUT2D eigenvalue weighted by Gasteiger charge is 2.35. The number of rotatable bonds is 5. The Labute approximate surface area is 219 Å². The SMILES string of the molecule is II.O=C1O[C@H](COP(=O)(O)O)CN1c1ccc2cc(-c3ccccc3C(F)(F)F)[nH]c(=O)c2c1. The highest BCUT2D eigenvalue weighted by Crippen LogP contribution is 2.38. The zero-order chi connectivity index (χ0) is 26.0. The van der Waals surface area contributed by atoms with Crippen molar-refractivity contribution >= 4 is 67.6 Å². The standard InChI is InChI=1S/C20H16F3N2O7P.I2/c21-20(22,23)16-4-2-1-3-14(16)17-7-11-5-6-12(8-15(11)18(26)24-17)25-9-13(32-19(25)27)10-31-33(28,29)30;1-2/h1-8,13H,9-10H2,(H,24,26)(H2,28,29,30);/t13-;/m0./s1. The van der Waals surface area contributed by atoms with Crippen LogP contribution in [0, 0.1) is 0 Å². The number of amides is 1. The Hall–Kier alpha value is -1.72. The number of halogens is 5. The second kappa shape index (κ2) is 11.1. The van der Waals surface area contributed by atoms with Gasteiger partial charge in [-0.25, -0.2) is 9.36 Å². The number of hydrogen-bond acceptors (Lipinski definition) is 5. The number of aromatic nitrogens is 1. The number of anilines is 1. The molecular weight excluding hydrogens is 722 g/mol. The minimum absolute atomic E-state index is 0.0107. The van der Waals surface area contributed by atoms with Gasteiger partial charge in [0.2, 0.25) is 0 Å². The third kappa shape index (κ3) is 6.74. The van der Waals surface area contributed by atoms with Crippen LogP contribution in [0.25, 0.3) is 22.0 Å². The number of cyclic esters (lactones) is 1. The van der Waals surface area contributed by atoms with Gasteiger partial charge in [-0.15, -0.1) is 0 Å². The van der Waals surface area contributed by atoms with Gasteiger partial charge in [-0.1, -0.05) is 24.3 Å². The van der Waals surface area contributed by atoms with Crippen molar-refractivity contribution in [3.63, 3.8) is 0 Å². The minimum atomic E-state index is -4.74. The molecule has 1 amide bonds. The number of phosphoric ester groups is 1. The number of phosphoric acid groups is 1. The van der Waals surface area contributed by atoms with Gasteiger partial charge >= 0.3 is 20.1 Å². The molecule has 0 aliphatic carbocycles. The molecule has 1 aliphatic rings. The van der Waals surface area contributed by atoms with Crippen molar-refractivity contribution in [3.05, 3.63) is 64.4 Å². The van der Waals surface area contributed by atoms with Crippen LogP contribution in [-0.4, -0.2) is 40.1 Å². The van der Waals surface area contributed by atoms with Crippen LogP contribution in [0.2, 0.25) is 0 Å². The second-order valence-electron chi connectivity index (χ2n) is 7.23. The Morgan fingerprint density at radius 2 is 1.83 bits per heavy atom. The number of aromatic amines is 1. The number of hydrogen-bond donors (Lipinski definition) is 3. The first-order chi connectivity index (χ1) is 16.4. The average Bonchev–Trinajstić information content (AvgIpc) is 3.18. The van der Waals surface area contributed by atoms with E-state index in [1.165, 1.54) is 42.5 Å². The summed E-state index contributed by atoms with van der Waals surface area (Å²) in [6, 6.07) is 10.6. The van der Waals surface area contributed by atoms with Crippen LogP contribution in [0.15, 0.2) is 53.3 Å². The molecule has 3 aromatic rings. The van der Waals surface area contributed by atoms with Crippen LogP contribution in [0.4, 0.5) is 23.7 Å². The highest BCUT2D eigenvalue weighted by molar-refractivity contribution is 15.0. The van der Waals surface area contributed by atoms with Crippen molar-refractivity contribution in [1.29, 1.82) is 0 Å². The van der Waals surface area contributed by atoms with E-state index in [9.17, 15) is 27.3 Å². The molecule has 4 rings (SSSR count). The quantitative estimate of drug-likeness (QED) is 0.236. The molecule has 15 heteroatoms. The Kier molecular flexibility index (Phi) is 8.86. The van der Waals surface area contributed by atoms with Gasteiger partial charge in [0.25, 0.3) is 5.56 Å². The first kappa shape index (κ1) is 27.9. The van der Waals surface area contributed by atoms with Crippen molar-refractivity contribution in [1.82, 2.24) is 4.98 Å². The Balaban J connectivity index is 0.00000167. The highest BCUT2D eigenvalue weighted by atomic mass is 128. The monoisotopic (exact) mass is 738 g/mol. The molecule has 0 spiro atoms. The summed E-state index contributed by atoms with van der Waals surface area (Å²) < 4.78 is 60.3. The molecule has 2 heterocycles. The summed E-state index contributed by atoms with van der Waals surface area (Å²) in [5.41, 5.74) is -1.47. The average molecular weight is 738 g/mol. The van der Waals surface area contributed by atoms with E-state index in [1.807, 2.05) is 0 Å². The Morgan fingerprint density at radius 1 is 1.14 bits per heavy atom. The van der Waals surface area contributed by atoms with Crippen LogP contribution < -0.4 is 10.5 Å². The summed E-state index contributed by atoms with van der Waals surface area (Å²) in [4.78, 5) is 46.0. The second-order valence-corrected chi connectivity index (χ2v) is 8.47. The van der Waals surface area contributed by atoms with E-state index >= 15 is 0 Å². The molecule has 2 aromatic carbocycles. The van der Waals surface area contributed by atoms with Gasteiger partial charge in [0.1, 0.15) is 6.10 Å². The van der Waals surface area contributed by atoms with E-state index in [2.05, 4.69) is 46.7 Å². The van der Waals surface area contributed by atoms with Crippen molar-refractivity contribution in [2.45, 2.75) is 12.3 Å². The predicted octanol–water partition coefficient (Wildman–Crippen LogP) is 5.42. The van der Waals surface area contributed by atoms with E-state index in [0.29, 0.717) is 5.39 Å². The molecule has 0 unspecified atom stereocenters. The van der Waals surface area contributed by atoms with E-state index in [-0.39, 0.29) is 28.9 Å². The predicted molar refractivity (Wildman–Crippen MR) is 139 cm³/mol. The van der Waals surface area contributed by atoms with Gasteiger partial charge in [0.15, 0.2) is 0 Å². The summed E-state index contributed by atoms with van der Waals surface area (Å²) in [5, 5.41) is 0.479. The van der Waals surface area contributed by atoms with Crippen molar-refractivity contribution in [3.8, 4) is 11.3 Å². The summed E-state index contributed by atoms with van der Waals surface area (Å²) in [7, 11) is -4.74. The van der Waals surface area contributed by atoms with Gasteiger partial charge in [0.05, 0.1) is 18.7 Å². The molecule has 1 saturated heterocycles. The fourth-order valence-electron chi connectivity index (χ4n) is 3.53. The number of ether oxygens (including phenoxy) is 1. The number of nitrogens with zero attached hydrogens (tertiary/aromatic N) is 1. The lowest BCUT2D eigenvalue weighted by Crippen LogP contribution is -2.26. The number of fused-ring (bicyclic) bond motifs is 1. The first-order valence-electron chi connectivity index (χ1n) is 9.58. The van der Waals surface area contributed by atoms with Crippen LogP contribution in [0.1, 0.15) is 5.56 Å². The minimum Gasteiger partial charge on any atom is -0.441 e. The molecule has 35 heavy (non-hydrogen) atoms. The normalized spacial score (nSPS) is 16.1. The van der Waals surface area contributed by atoms with Gasteiger partial charge in [-0.05, 0) is 29.7 Å². The van der Waals surface area contributed by atoms with E-state index in [0.717, 1.165) is 11.0 Å². The van der Waals surface area contributed by atoms with Gasteiger partial charge in [-0.3, -0.25) is 14.2 Å². The van der Waals surface area contributed by atoms with Crippen LogP contribution in [0.3, 0.4) is 0 Å². The van der Waals surface area contributed by atoms with E-state index < -0.39 is 43.9 Å². The van der Waals surface area contributed by atoms with Gasteiger partial charge in [0, 0.05) is 59.6 Å². The molecule has 1 aliphatic heterocycles. The molecule has 0 radical (unpaired) electrons. The number of carbonyl (C=O) groups excluding carboxylic acids is 1. The summed E-state index contributed by atoms with van der Waals surface area (Å²) >= 11 is 4.24. The van der Waals surface area contributed by atoms with Crippen molar-refractivity contribution in [2.24, 2.45) is 0 Å². The molecule has 1 fully saturated rings. The number of H-pyrrole nitrogens is 1. The molecule has 0 bridgehead atoms. The number of nitrogens with one attached hydrogen (secondary N) is 1. The van der Waals surface area contributed by atoms with Crippen LogP contribution in [-0.2, 0) is 20.0 Å². The lowest BCUT2D eigenvalue weighted by Gasteiger charge is -2.15. The van der Waals surface area contributed by atoms with Gasteiger partial charge < -0.3 is 19.5 Å². The fourth-order valence-corrected chi connectivity index (χ4v) is 3.89. The fraction of sp³-hybridized carbons (Fsp3) is 0.200. The Morgan fingerprint density at radius 3 is 2.49 bits per heavy atom. The number of alkyl halides is 3. The zero-order valence-corrected chi connectivity index (χ0v) is 22.5. The lowest BCUT2D eigenvalue weighted by atomic mass is 10.0. The maximum Gasteiger partial charge on any atom is 0.469 e. The van der Waals surface area contributed by atoms with Crippen LogP contribution >= 0.6 is 45.1 Å². The lowest BCUT2D eigenvalue weighted by molar-refractivity contribution is -0.137. The largest absolute Gasteiger partial charge is 0.469 e. The summed E-state index contributed by atoms with van der Waals surface area (Å²) in [6.07, 6.45) is -6.36. The Bertz CT molecular complexity index is 1350. The summed E-state index contributed by atoms with van der Waals surface area (Å²) in [5.74, 6) is 0. The first-order valence-corrected chi connectivity index (χ1v) is 17.4. The molecule has 1 atom stereocenters. The number of benzene rings is 2. The molecule has 9 nitrogen and oxygen atoms in total. The van der Waals surface area contributed by atoms with E-state index in [1.54, 1.807) is 0 Å². The van der Waals surface area contributed by atoms with Crippen molar-refractivity contribution in [2.75, 3.05) is 18.1 Å². The maximum absolute atomic E-state index is 13.4. The maximum atomic E-state index is 13.4. The summed E-state index contributed by atoms with van der Waals surface area (Å²) in [6.45, 7) is -0.609. The molecule has 0 saturated carbocycles. The topological polar surface area (TPSA) is 129 Å². The molecule has 1 aromatic heterocycles. The number of carbonyl (C=O) groups is 1. The molecule has 3 N–H and O–H groups in total.